The van der Waals surface area contributed by atoms with Gasteiger partial charge in [-0.05, 0) is 62.1 Å². The highest BCUT2D eigenvalue weighted by Gasteiger charge is 2.29. The first-order valence-electron chi connectivity index (χ1n) is 13.5. The minimum atomic E-state index is -0.483. The lowest BCUT2D eigenvalue weighted by Crippen LogP contribution is -2.45. The number of carbonyl (C=O) groups excluding carboxylic acids is 2. The summed E-state index contributed by atoms with van der Waals surface area (Å²) in [5.41, 5.74) is 0.575. The molecule has 4 rings (SSSR count). The molecular formula is C29H39N3O4. The SMILES string of the molecule is CC[C@H]1CCCCN1C(=O)c1cn(Cc2cccc(OC)c2)cc(C(=O)NCC2CCCCC2)c1=O. The van der Waals surface area contributed by atoms with Gasteiger partial charge in [0.15, 0.2) is 0 Å². The summed E-state index contributed by atoms with van der Waals surface area (Å²) in [5, 5.41) is 2.99. The standard InChI is InChI=1S/C29H39N3O4/c1-3-23-13-7-8-15-32(23)29(35)26-20-31(18-22-12-9-14-24(16-22)36-2)19-25(27(26)33)28(34)30-17-21-10-5-4-6-11-21/h9,12,14,16,19-21,23H,3-8,10-11,13,15,17-18H2,1-2H3,(H,30,34)/t23-/m0/s1. The molecule has 0 bridgehead atoms. The number of aromatic nitrogens is 1. The highest BCUT2D eigenvalue weighted by molar-refractivity contribution is 5.99. The zero-order valence-electron chi connectivity index (χ0n) is 21.6. The molecule has 2 aliphatic rings. The minimum Gasteiger partial charge on any atom is -0.497 e. The van der Waals surface area contributed by atoms with Gasteiger partial charge < -0.3 is 19.5 Å². The third kappa shape index (κ3) is 6.18. The van der Waals surface area contributed by atoms with E-state index >= 15 is 0 Å². The molecule has 194 valence electrons. The summed E-state index contributed by atoms with van der Waals surface area (Å²) in [4.78, 5) is 42.2. The predicted octanol–water partition coefficient (Wildman–Crippen LogP) is 4.62. The number of nitrogens with one attached hydrogen (secondary N) is 1. The molecule has 2 fully saturated rings. The number of benzene rings is 1. The summed E-state index contributed by atoms with van der Waals surface area (Å²) in [5.74, 6) is 0.512. The number of likely N-dealkylation sites (tertiary alicyclic amines) is 1. The van der Waals surface area contributed by atoms with Crippen LogP contribution in [-0.2, 0) is 6.54 Å². The Morgan fingerprint density at radius 1 is 1.03 bits per heavy atom. The Kier molecular flexibility index (Phi) is 8.83. The lowest BCUT2D eigenvalue weighted by molar-refractivity contribution is 0.0605. The summed E-state index contributed by atoms with van der Waals surface area (Å²) < 4.78 is 7.13. The third-order valence-electron chi connectivity index (χ3n) is 7.69. The second-order valence-corrected chi connectivity index (χ2v) is 10.2. The van der Waals surface area contributed by atoms with E-state index in [1.54, 1.807) is 24.1 Å². The molecule has 2 amide bonds. The summed E-state index contributed by atoms with van der Waals surface area (Å²) in [6, 6.07) is 7.78. The molecular weight excluding hydrogens is 454 g/mol. The predicted molar refractivity (Wildman–Crippen MR) is 141 cm³/mol. The largest absolute Gasteiger partial charge is 0.497 e. The molecule has 2 aromatic rings. The molecule has 1 N–H and O–H groups in total. The van der Waals surface area contributed by atoms with E-state index < -0.39 is 11.3 Å². The number of methoxy groups -OCH3 is 1. The Balaban J connectivity index is 1.65. The van der Waals surface area contributed by atoms with Crippen molar-refractivity contribution >= 4 is 11.8 Å². The van der Waals surface area contributed by atoms with E-state index in [0.29, 0.717) is 25.6 Å². The fourth-order valence-corrected chi connectivity index (χ4v) is 5.59. The van der Waals surface area contributed by atoms with Gasteiger partial charge in [-0.1, -0.05) is 38.3 Å². The average Bonchev–Trinajstić information content (AvgIpc) is 2.92. The molecule has 7 heteroatoms. The third-order valence-corrected chi connectivity index (χ3v) is 7.69. The fourth-order valence-electron chi connectivity index (χ4n) is 5.59. The smallest absolute Gasteiger partial charge is 0.259 e. The first-order chi connectivity index (χ1) is 17.5. The van der Waals surface area contributed by atoms with E-state index in [-0.39, 0.29) is 23.1 Å². The normalized spacial score (nSPS) is 18.6. The molecule has 0 spiro atoms. The van der Waals surface area contributed by atoms with Gasteiger partial charge >= 0.3 is 0 Å². The first kappa shape index (κ1) is 26.0. The maximum absolute atomic E-state index is 13.6. The van der Waals surface area contributed by atoms with E-state index in [1.807, 2.05) is 29.2 Å². The highest BCUT2D eigenvalue weighted by atomic mass is 16.5. The van der Waals surface area contributed by atoms with Gasteiger partial charge in [-0.25, -0.2) is 0 Å². The Labute approximate surface area is 213 Å². The monoisotopic (exact) mass is 493 g/mol. The molecule has 0 unspecified atom stereocenters. The van der Waals surface area contributed by atoms with Gasteiger partial charge in [-0.2, -0.15) is 0 Å². The van der Waals surface area contributed by atoms with E-state index in [2.05, 4.69) is 12.2 Å². The van der Waals surface area contributed by atoms with Crippen molar-refractivity contribution in [3.63, 3.8) is 0 Å². The number of ether oxygens (including phenoxy) is 1. The van der Waals surface area contributed by atoms with E-state index in [1.165, 1.54) is 19.3 Å². The number of piperidine rings is 1. The number of hydrogen-bond acceptors (Lipinski definition) is 4. The molecule has 1 aliphatic heterocycles. The van der Waals surface area contributed by atoms with Crippen LogP contribution in [0.2, 0.25) is 0 Å². The molecule has 2 heterocycles. The molecule has 1 saturated carbocycles. The van der Waals surface area contributed by atoms with Crippen LogP contribution in [0.15, 0.2) is 41.5 Å². The van der Waals surface area contributed by atoms with Gasteiger partial charge in [-0.15, -0.1) is 0 Å². The molecule has 1 aromatic heterocycles. The molecule has 1 aromatic carbocycles. The van der Waals surface area contributed by atoms with Crippen molar-refractivity contribution in [1.82, 2.24) is 14.8 Å². The second kappa shape index (κ2) is 12.2. The van der Waals surface area contributed by atoms with E-state index in [4.69, 9.17) is 4.74 Å². The maximum Gasteiger partial charge on any atom is 0.259 e. The van der Waals surface area contributed by atoms with Crippen LogP contribution in [-0.4, -0.2) is 47.5 Å². The summed E-state index contributed by atoms with van der Waals surface area (Å²) in [6.45, 7) is 3.70. The van der Waals surface area contributed by atoms with Gasteiger partial charge in [0, 0.05) is 38.1 Å². The molecule has 1 atom stereocenters. The Morgan fingerprint density at radius 2 is 1.78 bits per heavy atom. The van der Waals surface area contributed by atoms with Gasteiger partial charge in [0.25, 0.3) is 11.8 Å². The van der Waals surface area contributed by atoms with Crippen LogP contribution in [0.5, 0.6) is 5.75 Å². The highest BCUT2D eigenvalue weighted by Crippen LogP contribution is 2.23. The average molecular weight is 494 g/mol. The van der Waals surface area contributed by atoms with Crippen molar-refractivity contribution in [3.05, 3.63) is 63.6 Å². The van der Waals surface area contributed by atoms with Crippen LogP contribution in [0.1, 0.15) is 91.0 Å². The van der Waals surface area contributed by atoms with Crippen molar-refractivity contribution in [1.29, 1.82) is 0 Å². The summed E-state index contributed by atoms with van der Waals surface area (Å²) >= 11 is 0. The molecule has 0 radical (unpaired) electrons. The lowest BCUT2D eigenvalue weighted by atomic mass is 9.89. The Morgan fingerprint density at radius 3 is 2.53 bits per heavy atom. The van der Waals surface area contributed by atoms with E-state index in [0.717, 1.165) is 49.8 Å². The molecule has 1 aliphatic carbocycles. The van der Waals surface area contributed by atoms with Crippen LogP contribution >= 0.6 is 0 Å². The van der Waals surface area contributed by atoms with Crippen molar-refractivity contribution in [3.8, 4) is 5.75 Å². The van der Waals surface area contributed by atoms with Gasteiger partial charge in [0.2, 0.25) is 5.43 Å². The van der Waals surface area contributed by atoms with Crippen LogP contribution in [0.4, 0.5) is 0 Å². The topological polar surface area (TPSA) is 80.6 Å². The summed E-state index contributed by atoms with van der Waals surface area (Å²) in [7, 11) is 1.62. The van der Waals surface area contributed by atoms with Crippen molar-refractivity contribution in [2.45, 2.75) is 77.3 Å². The van der Waals surface area contributed by atoms with Crippen LogP contribution in [0.25, 0.3) is 0 Å². The molecule has 36 heavy (non-hydrogen) atoms. The lowest BCUT2D eigenvalue weighted by Gasteiger charge is -2.35. The quantitative estimate of drug-likeness (QED) is 0.582. The molecule has 1 saturated heterocycles. The number of rotatable bonds is 8. The number of pyridine rings is 1. The number of hydrogen-bond donors (Lipinski definition) is 1. The fraction of sp³-hybridized carbons (Fsp3) is 0.552. The van der Waals surface area contributed by atoms with Gasteiger partial charge in [-0.3, -0.25) is 14.4 Å². The van der Waals surface area contributed by atoms with Crippen molar-refractivity contribution in [2.24, 2.45) is 5.92 Å². The van der Waals surface area contributed by atoms with E-state index in [9.17, 15) is 14.4 Å². The summed E-state index contributed by atoms with van der Waals surface area (Å²) in [6.07, 6.45) is 12.8. The van der Waals surface area contributed by atoms with Crippen molar-refractivity contribution < 1.29 is 14.3 Å². The van der Waals surface area contributed by atoms with Crippen LogP contribution in [0.3, 0.4) is 0 Å². The zero-order valence-corrected chi connectivity index (χ0v) is 21.6. The minimum absolute atomic E-state index is 0.0320. The number of nitrogens with zero attached hydrogens (tertiary/aromatic N) is 2. The number of amides is 2. The maximum atomic E-state index is 13.6. The zero-order chi connectivity index (χ0) is 25.5. The number of carbonyl (C=O) groups is 2. The van der Waals surface area contributed by atoms with Gasteiger partial charge in [0.05, 0.1) is 7.11 Å². The van der Waals surface area contributed by atoms with Crippen LogP contribution < -0.4 is 15.5 Å². The second-order valence-electron chi connectivity index (χ2n) is 10.2. The Hall–Kier alpha value is -3.09. The van der Waals surface area contributed by atoms with Crippen molar-refractivity contribution in [2.75, 3.05) is 20.2 Å². The van der Waals surface area contributed by atoms with Crippen LogP contribution in [0, 0.1) is 5.92 Å². The Bertz CT molecular complexity index is 1120. The molecule has 7 nitrogen and oxygen atoms in total. The first-order valence-corrected chi connectivity index (χ1v) is 13.5. The van der Waals surface area contributed by atoms with Gasteiger partial charge in [0.1, 0.15) is 16.9 Å².